The molecule has 2 fully saturated rings. The molecule has 2 unspecified atom stereocenters. The number of esters is 1. The second kappa shape index (κ2) is 10.6. The van der Waals surface area contributed by atoms with Gasteiger partial charge in [-0.1, -0.05) is 91.0 Å². The fraction of sp³-hybridized carbons (Fsp3) is 0.276. The number of alkyl halides is 1. The molecule has 8 heteroatoms. The van der Waals surface area contributed by atoms with E-state index in [1.165, 1.54) is 16.7 Å². The van der Waals surface area contributed by atoms with E-state index in [1.807, 2.05) is 97.9 Å². The molecule has 2 saturated heterocycles. The molecule has 0 radical (unpaired) electrons. The lowest BCUT2D eigenvalue weighted by Gasteiger charge is -2.44. The number of nitrogens with zero attached hydrogens (tertiary/aromatic N) is 1. The predicted octanol–water partition coefficient (Wildman–Crippen LogP) is 4.33. The molecule has 37 heavy (non-hydrogen) atoms. The van der Waals surface area contributed by atoms with Crippen molar-refractivity contribution >= 4 is 41.1 Å². The summed E-state index contributed by atoms with van der Waals surface area (Å²) in [5.41, 5.74) is 2.53. The third kappa shape index (κ3) is 4.98. The monoisotopic (exact) mass is 534 g/mol. The van der Waals surface area contributed by atoms with Crippen molar-refractivity contribution in [3.63, 3.8) is 0 Å². The van der Waals surface area contributed by atoms with Crippen LogP contribution < -0.4 is 5.32 Å². The molecule has 0 aromatic heterocycles. The van der Waals surface area contributed by atoms with Gasteiger partial charge in [0.2, 0.25) is 11.8 Å². The van der Waals surface area contributed by atoms with E-state index < -0.39 is 28.9 Å². The van der Waals surface area contributed by atoms with Gasteiger partial charge in [0.25, 0.3) is 0 Å². The summed E-state index contributed by atoms with van der Waals surface area (Å²) in [5.74, 6) is -0.912. The standard InChI is InChI=1S/C29H27ClN2O4S/c1-29(18-30)25(28(35)36-24(20-13-7-3-8-14-20)21-15-9-4-10-16-21)32-26(34)23(27(32)37-29)31-22(33)17-19-11-5-2-6-12-19/h2-16,23-25,27H,17-18H2,1H3,(H,31,33)/t23?,25?,27-,29-/m0/s1. The zero-order valence-corrected chi connectivity index (χ0v) is 21.8. The van der Waals surface area contributed by atoms with E-state index in [9.17, 15) is 14.4 Å². The van der Waals surface area contributed by atoms with Crippen LogP contribution in [0.25, 0.3) is 0 Å². The summed E-state index contributed by atoms with van der Waals surface area (Å²) in [7, 11) is 0. The van der Waals surface area contributed by atoms with Crippen molar-refractivity contribution in [3.05, 3.63) is 108 Å². The number of rotatable bonds is 8. The summed E-state index contributed by atoms with van der Waals surface area (Å²) in [6.45, 7) is 1.87. The topological polar surface area (TPSA) is 75.7 Å². The zero-order valence-electron chi connectivity index (χ0n) is 20.3. The maximum Gasteiger partial charge on any atom is 0.331 e. The van der Waals surface area contributed by atoms with Gasteiger partial charge in [0.1, 0.15) is 17.5 Å². The summed E-state index contributed by atoms with van der Waals surface area (Å²) in [4.78, 5) is 41.1. The van der Waals surface area contributed by atoms with Crippen LogP contribution in [-0.4, -0.2) is 50.8 Å². The average molecular weight is 535 g/mol. The number of hydrogen-bond acceptors (Lipinski definition) is 5. The Labute approximate surface area is 225 Å². The van der Waals surface area contributed by atoms with Crippen molar-refractivity contribution in [1.29, 1.82) is 0 Å². The fourth-order valence-electron chi connectivity index (χ4n) is 4.89. The molecule has 0 spiro atoms. The van der Waals surface area contributed by atoms with Crippen LogP contribution in [-0.2, 0) is 25.5 Å². The van der Waals surface area contributed by atoms with E-state index in [-0.39, 0.29) is 29.5 Å². The smallest absolute Gasteiger partial charge is 0.331 e. The highest BCUT2D eigenvalue weighted by atomic mass is 35.5. The highest BCUT2D eigenvalue weighted by Crippen LogP contribution is 2.52. The first-order valence-corrected chi connectivity index (χ1v) is 13.5. The number of thioether (sulfide) groups is 1. The number of ether oxygens (including phenoxy) is 1. The number of carbonyl (C=O) groups excluding carboxylic acids is 3. The highest BCUT2D eigenvalue weighted by Gasteiger charge is 2.66. The van der Waals surface area contributed by atoms with Crippen molar-refractivity contribution in [2.45, 2.75) is 41.7 Å². The van der Waals surface area contributed by atoms with Gasteiger partial charge in [-0.3, -0.25) is 9.59 Å². The van der Waals surface area contributed by atoms with Crippen molar-refractivity contribution in [2.24, 2.45) is 0 Å². The Morgan fingerprint density at radius 3 is 2.05 bits per heavy atom. The van der Waals surface area contributed by atoms with Crippen LogP contribution in [0.15, 0.2) is 91.0 Å². The van der Waals surface area contributed by atoms with Crippen molar-refractivity contribution in [3.8, 4) is 0 Å². The first-order chi connectivity index (χ1) is 17.9. The van der Waals surface area contributed by atoms with E-state index >= 15 is 0 Å². The minimum absolute atomic E-state index is 0.143. The number of carbonyl (C=O) groups is 3. The summed E-state index contributed by atoms with van der Waals surface area (Å²) in [5, 5.41) is 2.47. The molecule has 3 aromatic carbocycles. The second-order valence-corrected chi connectivity index (χ2v) is 11.4. The van der Waals surface area contributed by atoms with Crippen LogP contribution in [0.3, 0.4) is 0 Å². The molecular formula is C29H27ClN2O4S. The quantitative estimate of drug-likeness (QED) is 0.264. The predicted molar refractivity (Wildman–Crippen MR) is 144 cm³/mol. The Morgan fingerprint density at radius 1 is 0.973 bits per heavy atom. The van der Waals surface area contributed by atoms with E-state index in [1.54, 1.807) is 0 Å². The minimum atomic E-state index is -0.871. The largest absolute Gasteiger partial charge is 0.451 e. The van der Waals surface area contributed by atoms with Gasteiger partial charge in [0.15, 0.2) is 6.10 Å². The van der Waals surface area contributed by atoms with Crippen LogP contribution >= 0.6 is 23.4 Å². The van der Waals surface area contributed by atoms with Gasteiger partial charge in [0.05, 0.1) is 11.2 Å². The number of amides is 2. The highest BCUT2D eigenvalue weighted by molar-refractivity contribution is 8.01. The van der Waals surface area contributed by atoms with Gasteiger partial charge >= 0.3 is 5.97 Å². The molecule has 0 bridgehead atoms. The SMILES string of the molecule is C[C@@]1(CCl)S[C@H]2C(NC(=O)Cc3ccccc3)C(=O)N2C1C(=O)OC(c1ccccc1)c1ccccc1. The molecule has 2 amide bonds. The first kappa shape index (κ1) is 25.4. The summed E-state index contributed by atoms with van der Waals surface area (Å²) < 4.78 is 5.34. The van der Waals surface area contributed by atoms with E-state index in [0.29, 0.717) is 0 Å². The Hall–Kier alpha value is -3.29. The first-order valence-electron chi connectivity index (χ1n) is 12.1. The Bertz CT molecular complexity index is 1240. The number of hydrogen-bond donors (Lipinski definition) is 1. The third-order valence-corrected chi connectivity index (χ3v) is 9.14. The maximum absolute atomic E-state index is 13.7. The number of fused-ring (bicyclic) bond motifs is 1. The minimum Gasteiger partial charge on any atom is -0.451 e. The number of β-lactam (4-membered cyclic amide) rings is 1. The molecule has 3 aromatic rings. The molecule has 2 aliphatic rings. The molecule has 2 aliphatic heterocycles. The van der Waals surface area contributed by atoms with Crippen molar-refractivity contribution in [1.82, 2.24) is 10.2 Å². The molecule has 190 valence electrons. The van der Waals surface area contributed by atoms with Gasteiger partial charge in [-0.25, -0.2) is 4.79 Å². The molecular weight excluding hydrogens is 508 g/mol. The third-order valence-electron chi connectivity index (χ3n) is 6.78. The molecule has 6 nitrogen and oxygen atoms in total. The van der Waals surface area contributed by atoms with Crippen molar-refractivity contribution < 1.29 is 19.1 Å². The Balaban J connectivity index is 1.34. The lowest BCUT2D eigenvalue weighted by atomic mass is 9.95. The van der Waals surface area contributed by atoms with E-state index in [2.05, 4.69) is 5.32 Å². The van der Waals surface area contributed by atoms with E-state index in [0.717, 1.165) is 16.7 Å². The molecule has 0 aliphatic carbocycles. The normalized spacial score (nSPS) is 24.4. The van der Waals surface area contributed by atoms with Crippen LogP contribution in [0, 0.1) is 0 Å². The second-order valence-electron chi connectivity index (χ2n) is 9.45. The van der Waals surface area contributed by atoms with Crippen molar-refractivity contribution in [2.75, 3.05) is 5.88 Å². The summed E-state index contributed by atoms with van der Waals surface area (Å²) in [6, 6.07) is 26.8. The zero-order chi connectivity index (χ0) is 26.0. The van der Waals surface area contributed by atoms with Gasteiger partial charge < -0.3 is 15.0 Å². The Morgan fingerprint density at radius 2 is 1.51 bits per heavy atom. The number of nitrogens with one attached hydrogen (secondary N) is 1. The fourth-order valence-corrected chi connectivity index (χ4v) is 6.84. The van der Waals surface area contributed by atoms with Gasteiger partial charge in [-0.05, 0) is 23.6 Å². The summed E-state index contributed by atoms with van der Waals surface area (Å²) in [6.07, 6.45) is -0.452. The van der Waals surface area contributed by atoms with E-state index in [4.69, 9.17) is 16.3 Å². The van der Waals surface area contributed by atoms with Gasteiger partial charge in [0, 0.05) is 5.88 Å². The van der Waals surface area contributed by atoms with Crippen LogP contribution in [0.5, 0.6) is 0 Å². The molecule has 2 heterocycles. The molecule has 1 N–H and O–H groups in total. The number of halogens is 1. The molecule has 0 saturated carbocycles. The number of benzene rings is 3. The van der Waals surface area contributed by atoms with Gasteiger partial charge in [-0.15, -0.1) is 23.4 Å². The van der Waals surface area contributed by atoms with Crippen LogP contribution in [0.1, 0.15) is 29.7 Å². The van der Waals surface area contributed by atoms with Crippen LogP contribution in [0.2, 0.25) is 0 Å². The van der Waals surface area contributed by atoms with Crippen LogP contribution in [0.4, 0.5) is 0 Å². The lowest BCUT2D eigenvalue weighted by molar-refractivity contribution is -0.166. The van der Waals surface area contributed by atoms with Gasteiger partial charge in [-0.2, -0.15) is 0 Å². The lowest BCUT2D eigenvalue weighted by Crippen LogP contribution is -2.71. The molecule has 4 atom stereocenters. The summed E-state index contributed by atoms with van der Waals surface area (Å²) >= 11 is 7.81. The Kier molecular flexibility index (Phi) is 7.26. The average Bonchev–Trinajstić information content (AvgIpc) is 3.22. The molecule has 5 rings (SSSR count). The maximum atomic E-state index is 13.7.